The summed E-state index contributed by atoms with van der Waals surface area (Å²) >= 11 is 10.3. The number of hydrogen-bond acceptors (Lipinski definition) is 7. The van der Waals surface area contributed by atoms with Crippen molar-refractivity contribution in [2.24, 2.45) is 5.92 Å². The molecule has 0 bridgehead atoms. The van der Waals surface area contributed by atoms with Crippen LogP contribution in [0.2, 0.25) is 5.02 Å². The summed E-state index contributed by atoms with van der Waals surface area (Å²) in [6.07, 6.45) is 1.59. The largest absolute Gasteiger partial charge is 0.492 e. The molecule has 0 saturated carbocycles. The van der Waals surface area contributed by atoms with E-state index in [-0.39, 0.29) is 27.8 Å². The third-order valence-electron chi connectivity index (χ3n) is 4.75. The molecule has 0 unspecified atom stereocenters. The van der Waals surface area contributed by atoms with Crippen LogP contribution in [0.4, 0.5) is 10.5 Å². The molecule has 0 spiro atoms. The van der Waals surface area contributed by atoms with E-state index < -0.39 is 29.6 Å². The zero-order valence-electron chi connectivity index (χ0n) is 19.8. The highest BCUT2D eigenvalue weighted by Gasteiger charge is 2.36. The predicted octanol–water partition coefficient (Wildman–Crippen LogP) is 5.99. The molecule has 1 saturated heterocycles. The van der Waals surface area contributed by atoms with Gasteiger partial charge >= 0.3 is 5.97 Å². The van der Waals surface area contributed by atoms with Gasteiger partial charge in [-0.05, 0) is 82.5 Å². The van der Waals surface area contributed by atoms with Gasteiger partial charge in [-0.3, -0.25) is 19.3 Å². The van der Waals surface area contributed by atoms with Crippen LogP contribution in [0.1, 0.15) is 36.7 Å². The summed E-state index contributed by atoms with van der Waals surface area (Å²) in [6.45, 7) is 6.03. The van der Waals surface area contributed by atoms with E-state index in [9.17, 15) is 19.2 Å². The predicted molar refractivity (Wildman–Crippen MR) is 143 cm³/mol. The maximum Gasteiger partial charge on any atom is 0.339 e. The van der Waals surface area contributed by atoms with Gasteiger partial charge in [0, 0.05) is 5.69 Å². The van der Waals surface area contributed by atoms with E-state index in [0.29, 0.717) is 23.8 Å². The summed E-state index contributed by atoms with van der Waals surface area (Å²) < 4.78 is 11.4. The van der Waals surface area contributed by atoms with Crippen LogP contribution in [0.5, 0.6) is 5.75 Å². The molecule has 36 heavy (non-hydrogen) atoms. The zero-order valence-corrected chi connectivity index (χ0v) is 23.0. The number of rotatable bonds is 9. The number of carbonyl (C=O) groups excluding carboxylic acids is 4. The minimum atomic E-state index is -0.624. The molecule has 2 aromatic rings. The third-order valence-corrected chi connectivity index (χ3v) is 6.60. The summed E-state index contributed by atoms with van der Waals surface area (Å²) in [5, 5.41) is 2.19. The first-order valence-corrected chi connectivity index (χ1v) is 13.0. The first-order chi connectivity index (χ1) is 17.1. The Bertz CT molecular complexity index is 1230. The molecule has 0 atom stereocenters. The Morgan fingerprint density at radius 1 is 1.19 bits per heavy atom. The van der Waals surface area contributed by atoms with Crippen molar-refractivity contribution in [2.75, 3.05) is 25.1 Å². The lowest BCUT2D eigenvalue weighted by molar-refractivity contribution is -0.127. The number of esters is 1. The quantitative estimate of drug-likeness (QED) is 0.281. The molecule has 0 aromatic heterocycles. The highest BCUT2D eigenvalue weighted by atomic mass is 79.9. The van der Waals surface area contributed by atoms with Crippen LogP contribution in [0.3, 0.4) is 0 Å². The number of nitrogens with zero attached hydrogens (tertiary/aromatic N) is 1. The normalized spacial score (nSPS) is 14.5. The van der Waals surface area contributed by atoms with Crippen LogP contribution >= 0.6 is 39.3 Å². The second kappa shape index (κ2) is 12.4. The standard InChI is InChI=1S/C25H24BrClN2O6S/c1-4-34-24(32)17-11-16(6-7-19(17)27)28-22(30)12-29-23(31)21(36-25(29)33)10-15-5-8-20(18(26)9-15)35-13-14(2)3/h5-11,14H,4,12-13H2,1-3H3,(H,28,30)/b21-10+. The fourth-order valence-corrected chi connectivity index (χ4v) is 4.62. The van der Waals surface area contributed by atoms with Crippen molar-refractivity contribution < 1.29 is 28.7 Å². The molecule has 2 aromatic carbocycles. The molecular weight excluding hydrogens is 572 g/mol. The molecule has 0 radical (unpaired) electrons. The van der Waals surface area contributed by atoms with Gasteiger partial charge in [-0.25, -0.2) is 4.79 Å². The fraction of sp³-hybridized carbons (Fsp3) is 0.280. The molecule has 1 aliphatic heterocycles. The number of thioether (sulfide) groups is 1. The monoisotopic (exact) mass is 594 g/mol. The Balaban J connectivity index is 1.67. The molecule has 3 amide bonds. The van der Waals surface area contributed by atoms with Gasteiger partial charge in [-0.15, -0.1) is 0 Å². The van der Waals surface area contributed by atoms with Crippen molar-refractivity contribution in [3.8, 4) is 5.75 Å². The number of imide groups is 1. The number of benzene rings is 2. The lowest BCUT2D eigenvalue weighted by Crippen LogP contribution is -2.36. The van der Waals surface area contributed by atoms with Crippen molar-refractivity contribution >= 4 is 74.1 Å². The van der Waals surface area contributed by atoms with Gasteiger partial charge in [-0.1, -0.05) is 31.5 Å². The number of hydrogen-bond donors (Lipinski definition) is 1. The number of nitrogens with one attached hydrogen (secondary N) is 1. The summed E-state index contributed by atoms with van der Waals surface area (Å²) in [4.78, 5) is 50.9. The van der Waals surface area contributed by atoms with E-state index in [4.69, 9.17) is 21.1 Å². The minimum absolute atomic E-state index is 0.0946. The lowest BCUT2D eigenvalue weighted by Gasteiger charge is -2.13. The molecule has 0 aliphatic carbocycles. The number of amides is 3. The topological polar surface area (TPSA) is 102 Å². The Kier molecular flexibility index (Phi) is 9.58. The lowest BCUT2D eigenvalue weighted by atomic mass is 10.2. The molecular formula is C25H24BrClN2O6S. The third kappa shape index (κ3) is 7.11. The zero-order chi connectivity index (χ0) is 26.4. The second-order valence-corrected chi connectivity index (χ2v) is 10.4. The fourth-order valence-electron chi connectivity index (χ4n) is 3.08. The van der Waals surface area contributed by atoms with Crippen LogP contribution in [0.15, 0.2) is 45.8 Å². The molecule has 190 valence electrons. The maximum absolute atomic E-state index is 12.8. The minimum Gasteiger partial charge on any atom is -0.492 e. The first kappa shape index (κ1) is 27.8. The second-order valence-electron chi connectivity index (χ2n) is 8.13. The highest BCUT2D eigenvalue weighted by molar-refractivity contribution is 9.10. The Morgan fingerprint density at radius 3 is 2.61 bits per heavy atom. The average Bonchev–Trinajstić information content (AvgIpc) is 3.07. The molecule has 1 N–H and O–H groups in total. The average molecular weight is 596 g/mol. The van der Waals surface area contributed by atoms with E-state index in [1.54, 1.807) is 31.2 Å². The number of carbonyl (C=O) groups is 4. The van der Waals surface area contributed by atoms with Gasteiger partial charge in [0.15, 0.2) is 0 Å². The van der Waals surface area contributed by atoms with Crippen molar-refractivity contribution in [1.82, 2.24) is 4.90 Å². The maximum atomic E-state index is 12.8. The Labute approximate surface area is 226 Å². The SMILES string of the molecule is CCOC(=O)c1cc(NC(=O)CN2C(=O)S/C(=C/c3ccc(OCC(C)C)c(Br)c3)C2=O)ccc1Cl. The molecule has 1 fully saturated rings. The number of anilines is 1. The van der Waals surface area contributed by atoms with Crippen LogP contribution < -0.4 is 10.1 Å². The van der Waals surface area contributed by atoms with Gasteiger partial charge in [0.2, 0.25) is 5.91 Å². The first-order valence-electron chi connectivity index (χ1n) is 11.0. The Morgan fingerprint density at radius 2 is 1.94 bits per heavy atom. The van der Waals surface area contributed by atoms with Gasteiger partial charge in [0.05, 0.1) is 33.2 Å². The van der Waals surface area contributed by atoms with Crippen LogP contribution in [0, 0.1) is 5.92 Å². The van der Waals surface area contributed by atoms with Gasteiger partial charge in [-0.2, -0.15) is 0 Å². The summed E-state index contributed by atoms with van der Waals surface area (Å²) in [5.41, 5.74) is 1.07. The molecule has 1 aliphatic rings. The van der Waals surface area contributed by atoms with Crippen molar-refractivity contribution in [2.45, 2.75) is 20.8 Å². The van der Waals surface area contributed by atoms with Gasteiger partial charge < -0.3 is 14.8 Å². The van der Waals surface area contributed by atoms with Crippen molar-refractivity contribution in [1.29, 1.82) is 0 Å². The van der Waals surface area contributed by atoms with Crippen molar-refractivity contribution in [3.63, 3.8) is 0 Å². The summed E-state index contributed by atoms with van der Waals surface area (Å²) in [5.74, 6) is -0.746. The van der Waals surface area contributed by atoms with E-state index in [2.05, 4.69) is 35.1 Å². The van der Waals surface area contributed by atoms with E-state index in [1.165, 1.54) is 18.2 Å². The number of ether oxygens (including phenoxy) is 2. The van der Waals surface area contributed by atoms with Crippen LogP contribution in [-0.4, -0.2) is 47.7 Å². The summed E-state index contributed by atoms with van der Waals surface area (Å²) in [6, 6.07) is 9.68. The van der Waals surface area contributed by atoms with E-state index in [1.807, 2.05) is 0 Å². The number of halogens is 2. The van der Waals surface area contributed by atoms with E-state index >= 15 is 0 Å². The summed E-state index contributed by atoms with van der Waals surface area (Å²) in [7, 11) is 0. The van der Waals surface area contributed by atoms with Crippen LogP contribution in [0.25, 0.3) is 6.08 Å². The van der Waals surface area contributed by atoms with E-state index in [0.717, 1.165) is 21.1 Å². The molecule has 3 rings (SSSR count). The van der Waals surface area contributed by atoms with Crippen LogP contribution in [-0.2, 0) is 14.3 Å². The molecule has 1 heterocycles. The molecule has 11 heteroatoms. The van der Waals surface area contributed by atoms with Gasteiger partial charge in [0.25, 0.3) is 11.1 Å². The molecule has 8 nitrogen and oxygen atoms in total. The Hall–Kier alpha value is -2.82. The van der Waals surface area contributed by atoms with Gasteiger partial charge in [0.1, 0.15) is 12.3 Å². The van der Waals surface area contributed by atoms with Crippen molar-refractivity contribution in [3.05, 3.63) is 61.9 Å². The highest BCUT2D eigenvalue weighted by Crippen LogP contribution is 2.34. The smallest absolute Gasteiger partial charge is 0.339 e.